The highest BCUT2D eigenvalue weighted by atomic mass is 32.1. The number of amides is 1. The number of carbonyl (C=O) groups is 1. The van der Waals surface area contributed by atoms with E-state index < -0.39 is 0 Å². The number of aromatic amines is 2. The van der Waals surface area contributed by atoms with Gasteiger partial charge in [0, 0.05) is 23.4 Å². The van der Waals surface area contributed by atoms with E-state index in [0.29, 0.717) is 22.4 Å². The lowest BCUT2D eigenvalue weighted by Gasteiger charge is -2.07. The van der Waals surface area contributed by atoms with Gasteiger partial charge in [-0.3, -0.25) is 14.6 Å². The number of hydrogen-bond donors (Lipinski definition) is 3. The second kappa shape index (κ2) is 6.49. The van der Waals surface area contributed by atoms with Gasteiger partial charge in [-0.05, 0) is 50.2 Å². The molecule has 2 rings (SSSR count). The molecular weight excluding hydrogens is 286 g/mol. The van der Waals surface area contributed by atoms with Gasteiger partial charge in [-0.25, -0.2) is 0 Å². The van der Waals surface area contributed by atoms with Gasteiger partial charge in [0.2, 0.25) is 5.91 Å². The van der Waals surface area contributed by atoms with Crippen molar-refractivity contribution in [3.05, 3.63) is 56.2 Å². The van der Waals surface area contributed by atoms with Gasteiger partial charge < -0.3 is 10.3 Å². The maximum atomic E-state index is 11.9. The number of H-pyrrole nitrogens is 2. The fourth-order valence-corrected chi connectivity index (χ4v) is 2.36. The Morgan fingerprint density at radius 3 is 2.71 bits per heavy atom. The predicted molar refractivity (Wildman–Crippen MR) is 85.1 cm³/mol. The fourth-order valence-electron chi connectivity index (χ4n) is 2.11. The monoisotopic (exact) mass is 303 g/mol. The molecule has 0 aliphatic rings. The number of rotatable bonds is 4. The average Bonchev–Trinajstić information content (AvgIpc) is 2.37. The molecule has 0 unspecified atom stereocenters. The van der Waals surface area contributed by atoms with Crippen molar-refractivity contribution >= 4 is 23.8 Å². The summed E-state index contributed by atoms with van der Waals surface area (Å²) in [5.74, 6) is -0.123. The molecular formula is C15H17N3O2S. The molecule has 2 aromatic rings. The van der Waals surface area contributed by atoms with Crippen LogP contribution in [0.15, 0.2) is 29.1 Å². The molecule has 0 saturated carbocycles. The first-order valence-electron chi connectivity index (χ1n) is 6.64. The molecule has 1 heterocycles. The van der Waals surface area contributed by atoms with Crippen LogP contribution in [0.3, 0.4) is 0 Å². The van der Waals surface area contributed by atoms with Crippen LogP contribution in [0.25, 0.3) is 0 Å². The first-order valence-corrected chi connectivity index (χ1v) is 7.05. The summed E-state index contributed by atoms with van der Waals surface area (Å²) in [6.45, 7) is 3.74. The Balaban J connectivity index is 2.02. The molecule has 5 nitrogen and oxygen atoms in total. The molecule has 3 N–H and O–H groups in total. The Bertz CT molecular complexity index is 777. The van der Waals surface area contributed by atoms with E-state index in [9.17, 15) is 9.59 Å². The Labute approximate surface area is 127 Å². The van der Waals surface area contributed by atoms with E-state index in [1.54, 1.807) is 6.92 Å². The number of carbonyl (C=O) groups excluding carboxylic acids is 1. The molecule has 0 fully saturated rings. The van der Waals surface area contributed by atoms with Gasteiger partial charge >= 0.3 is 0 Å². The number of nitrogens with one attached hydrogen (secondary N) is 3. The zero-order chi connectivity index (χ0) is 15.4. The van der Waals surface area contributed by atoms with Gasteiger partial charge in [0.1, 0.15) is 0 Å². The smallest absolute Gasteiger partial charge is 0.255 e. The molecule has 0 spiro atoms. The molecule has 0 saturated heterocycles. The van der Waals surface area contributed by atoms with Crippen molar-refractivity contribution in [3.63, 3.8) is 0 Å². The highest BCUT2D eigenvalue weighted by Crippen LogP contribution is 2.10. The second-order valence-corrected chi connectivity index (χ2v) is 5.34. The quantitative estimate of drug-likeness (QED) is 0.760. The Morgan fingerprint density at radius 1 is 1.29 bits per heavy atom. The minimum atomic E-state index is -0.236. The van der Waals surface area contributed by atoms with Crippen molar-refractivity contribution < 1.29 is 4.79 Å². The lowest BCUT2D eigenvalue weighted by Crippen LogP contribution is -2.19. The summed E-state index contributed by atoms with van der Waals surface area (Å²) in [6.07, 6.45) is 0.605. The predicted octanol–water partition coefficient (Wildman–Crippen LogP) is 2.62. The van der Waals surface area contributed by atoms with E-state index in [-0.39, 0.29) is 17.9 Å². The highest BCUT2D eigenvalue weighted by Gasteiger charge is 2.08. The van der Waals surface area contributed by atoms with Crippen LogP contribution in [0.2, 0.25) is 0 Å². The summed E-state index contributed by atoms with van der Waals surface area (Å²) in [7, 11) is 0. The molecule has 0 aliphatic carbocycles. The molecule has 0 atom stereocenters. The van der Waals surface area contributed by atoms with Gasteiger partial charge in [0.05, 0.1) is 0 Å². The Morgan fingerprint density at radius 2 is 2.05 bits per heavy atom. The van der Waals surface area contributed by atoms with Crippen LogP contribution in [-0.4, -0.2) is 15.9 Å². The van der Waals surface area contributed by atoms with Crippen LogP contribution in [0, 0.1) is 18.6 Å². The lowest BCUT2D eigenvalue weighted by atomic mass is 10.1. The minimum Gasteiger partial charge on any atom is -0.336 e. The molecule has 21 heavy (non-hydrogen) atoms. The SMILES string of the molecule is Cc1cccc(NC(=O)CCc2c(C)[nH]c(=S)[nH]c2=O)c1. The number of aromatic nitrogens is 2. The maximum absolute atomic E-state index is 11.9. The van der Waals surface area contributed by atoms with Crippen molar-refractivity contribution in [1.82, 2.24) is 9.97 Å². The van der Waals surface area contributed by atoms with Crippen molar-refractivity contribution in [1.29, 1.82) is 0 Å². The standard InChI is InChI=1S/C15H17N3O2S/c1-9-4-3-5-11(8-9)17-13(19)7-6-12-10(2)16-15(21)18-14(12)20/h3-5,8H,6-7H2,1-2H3,(H,17,19)(H2,16,18,20,21). The summed E-state index contributed by atoms with van der Waals surface area (Å²) < 4.78 is 0.297. The number of benzene rings is 1. The third-order valence-electron chi connectivity index (χ3n) is 3.16. The largest absolute Gasteiger partial charge is 0.336 e. The molecule has 0 bridgehead atoms. The summed E-state index contributed by atoms with van der Waals surface area (Å²) in [4.78, 5) is 29.2. The van der Waals surface area contributed by atoms with Gasteiger partial charge in [0.25, 0.3) is 5.56 Å². The molecule has 6 heteroatoms. The molecule has 110 valence electrons. The highest BCUT2D eigenvalue weighted by molar-refractivity contribution is 7.71. The third kappa shape index (κ3) is 4.13. The van der Waals surface area contributed by atoms with Gasteiger partial charge in [0.15, 0.2) is 4.77 Å². The van der Waals surface area contributed by atoms with Crippen LogP contribution in [0.4, 0.5) is 5.69 Å². The lowest BCUT2D eigenvalue weighted by molar-refractivity contribution is -0.116. The second-order valence-electron chi connectivity index (χ2n) is 4.93. The van der Waals surface area contributed by atoms with Crippen molar-refractivity contribution in [2.45, 2.75) is 26.7 Å². The van der Waals surface area contributed by atoms with E-state index >= 15 is 0 Å². The van der Waals surface area contributed by atoms with Gasteiger partial charge in [-0.1, -0.05) is 12.1 Å². The Kier molecular flexibility index (Phi) is 4.70. The number of hydrogen-bond acceptors (Lipinski definition) is 3. The van der Waals surface area contributed by atoms with Gasteiger partial charge in [-0.15, -0.1) is 0 Å². The molecule has 1 aromatic carbocycles. The first-order chi connectivity index (χ1) is 9.95. The summed E-state index contributed by atoms with van der Waals surface area (Å²) in [6, 6.07) is 7.58. The zero-order valence-corrected chi connectivity index (χ0v) is 12.8. The van der Waals surface area contributed by atoms with Crippen LogP contribution < -0.4 is 10.9 Å². The van der Waals surface area contributed by atoms with E-state index in [0.717, 1.165) is 11.3 Å². The van der Waals surface area contributed by atoms with Crippen molar-refractivity contribution in [3.8, 4) is 0 Å². The van der Waals surface area contributed by atoms with E-state index in [4.69, 9.17) is 12.2 Å². The van der Waals surface area contributed by atoms with Crippen LogP contribution in [0.1, 0.15) is 23.2 Å². The maximum Gasteiger partial charge on any atom is 0.255 e. The van der Waals surface area contributed by atoms with Gasteiger partial charge in [-0.2, -0.15) is 0 Å². The summed E-state index contributed by atoms with van der Waals surface area (Å²) in [5.41, 5.74) is 2.86. The van der Waals surface area contributed by atoms with E-state index in [1.807, 2.05) is 31.2 Å². The fraction of sp³-hybridized carbons (Fsp3) is 0.267. The Hall–Kier alpha value is -2.21. The number of aryl methyl sites for hydroxylation is 2. The number of anilines is 1. The van der Waals surface area contributed by atoms with Crippen LogP contribution in [-0.2, 0) is 11.2 Å². The summed E-state index contributed by atoms with van der Waals surface area (Å²) in [5, 5.41) is 2.82. The first kappa shape index (κ1) is 15.2. The van der Waals surface area contributed by atoms with E-state index in [2.05, 4.69) is 15.3 Å². The van der Waals surface area contributed by atoms with Crippen molar-refractivity contribution in [2.24, 2.45) is 0 Å². The molecule has 0 aliphatic heterocycles. The zero-order valence-electron chi connectivity index (χ0n) is 11.9. The average molecular weight is 303 g/mol. The van der Waals surface area contributed by atoms with E-state index in [1.165, 1.54) is 0 Å². The summed E-state index contributed by atoms with van der Waals surface area (Å²) >= 11 is 4.89. The van der Waals surface area contributed by atoms with Crippen LogP contribution >= 0.6 is 12.2 Å². The molecule has 1 amide bonds. The van der Waals surface area contributed by atoms with Crippen molar-refractivity contribution in [2.75, 3.05) is 5.32 Å². The molecule has 1 aromatic heterocycles. The minimum absolute atomic E-state index is 0.123. The topological polar surface area (TPSA) is 77.8 Å². The third-order valence-corrected chi connectivity index (χ3v) is 3.36. The van der Waals surface area contributed by atoms with Crippen LogP contribution in [0.5, 0.6) is 0 Å². The normalized spacial score (nSPS) is 10.4. The molecule has 0 radical (unpaired) electrons.